The number of aromatic nitrogens is 1. The molecule has 39 heavy (non-hydrogen) atoms. The van der Waals surface area contributed by atoms with E-state index in [0.29, 0.717) is 16.8 Å². The lowest BCUT2D eigenvalue weighted by Gasteiger charge is -2.21. The fraction of sp³-hybridized carbons (Fsp3) is 0.0857. The first-order valence-corrected chi connectivity index (χ1v) is 13.2. The molecular formula is C35H24N2O2. The van der Waals surface area contributed by atoms with E-state index in [9.17, 15) is 9.59 Å². The summed E-state index contributed by atoms with van der Waals surface area (Å²) in [6.45, 7) is 4.60. The van der Waals surface area contributed by atoms with Gasteiger partial charge in [0.2, 0.25) is 0 Å². The minimum absolute atomic E-state index is 0.0886. The van der Waals surface area contributed by atoms with Crippen LogP contribution in [0.1, 0.15) is 45.7 Å². The highest BCUT2D eigenvalue weighted by Crippen LogP contribution is 2.51. The van der Waals surface area contributed by atoms with Gasteiger partial charge in [0.1, 0.15) is 0 Å². The smallest absolute Gasteiger partial charge is 0.266 e. The minimum Gasteiger partial charge on any atom is -0.309 e. The number of benzene rings is 5. The molecule has 2 aliphatic rings. The van der Waals surface area contributed by atoms with Gasteiger partial charge in [-0.05, 0) is 70.8 Å². The van der Waals surface area contributed by atoms with Crippen molar-refractivity contribution in [3.8, 4) is 16.8 Å². The molecule has 1 aromatic heterocycles. The molecule has 0 spiro atoms. The third-order valence-corrected chi connectivity index (χ3v) is 8.52. The van der Waals surface area contributed by atoms with Crippen molar-refractivity contribution in [2.45, 2.75) is 19.3 Å². The Morgan fingerprint density at radius 2 is 1.15 bits per heavy atom. The van der Waals surface area contributed by atoms with Gasteiger partial charge in [0.25, 0.3) is 11.8 Å². The van der Waals surface area contributed by atoms with Crippen LogP contribution in [0.2, 0.25) is 0 Å². The van der Waals surface area contributed by atoms with E-state index in [-0.39, 0.29) is 17.2 Å². The summed E-state index contributed by atoms with van der Waals surface area (Å²) in [7, 11) is 0. The van der Waals surface area contributed by atoms with Crippen molar-refractivity contribution in [3.05, 3.63) is 131 Å². The monoisotopic (exact) mass is 504 g/mol. The SMILES string of the molecule is CC1(C)c2ccccc2-c2cc3c(cc21)c1ccccc1n3-c1cccc(N2C(=O)c3ccccc3C2=O)c1. The van der Waals surface area contributed by atoms with E-state index in [1.54, 1.807) is 24.3 Å². The lowest BCUT2D eigenvalue weighted by atomic mass is 9.82. The Hall–Kier alpha value is -4.96. The summed E-state index contributed by atoms with van der Waals surface area (Å²) < 4.78 is 2.25. The third kappa shape index (κ3) is 2.83. The Labute approximate surface area is 225 Å². The van der Waals surface area contributed by atoms with E-state index >= 15 is 0 Å². The summed E-state index contributed by atoms with van der Waals surface area (Å²) in [5.41, 5.74) is 9.66. The zero-order valence-electron chi connectivity index (χ0n) is 21.6. The van der Waals surface area contributed by atoms with Gasteiger partial charge in [-0.1, -0.05) is 74.5 Å². The van der Waals surface area contributed by atoms with Gasteiger partial charge in [0.05, 0.1) is 27.8 Å². The number of hydrogen-bond acceptors (Lipinski definition) is 2. The van der Waals surface area contributed by atoms with Gasteiger partial charge in [-0.15, -0.1) is 0 Å². The maximum Gasteiger partial charge on any atom is 0.266 e. The Bertz CT molecular complexity index is 2010. The molecule has 2 amide bonds. The normalized spacial score (nSPS) is 15.2. The second kappa shape index (κ2) is 7.55. The molecule has 0 atom stereocenters. The molecule has 6 aromatic rings. The number of nitrogens with zero attached hydrogens (tertiary/aromatic N) is 2. The van der Waals surface area contributed by atoms with Crippen molar-refractivity contribution in [1.82, 2.24) is 4.57 Å². The minimum atomic E-state index is -0.286. The fourth-order valence-electron chi connectivity index (χ4n) is 6.64. The van der Waals surface area contributed by atoms with Crippen LogP contribution in [0, 0.1) is 0 Å². The van der Waals surface area contributed by atoms with Crippen molar-refractivity contribution in [2.24, 2.45) is 0 Å². The van der Waals surface area contributed by atoms with Gasteiger partial charge < -0.3 is 4.57 Å². The molecule has 0 N–H and O–H groups in total. The van der Waals surface area contributed by atoms with Crippen LogP contribution in [-0.4, -0.2) is 16.4 Å². The second-order valence-electron chi connectivity index (χ2n) is 10.9. The molecule has 186 valence electrons. The van der Waals surface area contributed by atoms with E-state index < -0.39 is 0 Å². The molecule has 4 nitrogen and oxygen atoms in total. The first-order valence-electron chi connectivity index (χ1n) is 13.2. The predicted octanol–water partition coefficient (Wildman–Crippen LogP) is 7.89. The summed E-state index contributed by atoms with van der Waals surface area (Å²) in [6, 6.07) is 36.5. The topological polar surface area (TPSA) is 42.3 Å². The summed E-state index contributed by atoms with van der Waals surface area (Å²) in [5, 5.41) is 2.37. The fourth-order valence-corrected chi connectivity index (χ4v) is 6.64. The predicted molar refractivity (Wildman–Crippen MR) is 156 cm³/mol. The second-order valence-corrected chi connectivity index (χ2v) is 10.9. The quantitative estimate of drug-likeness (QED) is 0.225. The van der Waals surface area contributed by atoms with E-state index in [1.165, 1.54) is 37.9 Å². The van der Waals surface area contributed by atoms with Crippen molar-refractivity contribution in [2.75, 3.05) is 4.90 Å². The van der Waals surface area contributed by atoms with E-state index in [0.717, 1.165) is 16.7 Å². The molecule has 0 saturated heterocycles. The van der Waals surface area contributed by atoms with Crippen molar-refractivity contribution in [3.63, 3.8) is 0 Å². The Morgan fingerprint density at radius 3 is 1.92 bits per heavy atom. The molecule has 5 aromatic carbocycles. The molecular weight excluding hydrogens is 480 g/mol. The van der Waals surface area contributed by atoms with E-state index in [4.69, 9.17) is 0 Å². The summed E-state index contributed by atoms with van der Waals surface area (Å²) >= 11 is 0. The Morgan fingerprint density at radius 1 is 0.513 bits per heavy atom. The number of para-hydroxylation sites is 1. The van der Waals surface area contributed by atoms with Crippen molar-refractivity contribution < 1.29 is 9.59 Å². The number of hydrogen-bond donors (Lipinski definition) is 0. The molecule has 0 saturated carbocycles. The highest BCUT2D eigenvalue weighted by Gasteiger charge is 2.37. The number of carbonyl (C=O) groups excluding carboxylic acids is 2. The van der Waals surface area contributed by atoms with Gasteiger partial charge in [-0.25, -0.2) is 4.90 Å². The zero-order valence-corrected chi connectivity index (χ0v) is 21.6. The third-order valence-electron chi connectivity index (χ3n) is 8.52. The molecule has 0 radical (unpaired) electrons. The van der Waals surface area contributed by atoms with Gasteiger partial charge in [-0.2, -0.15) is 0 Å². The summed E-state index contributed by atoms with van der Waals surface area (Å²) in [5.74, 6) is -0.571. The molecule has 0 fully saturated rings. The standard InChI is InChI=1S/C35H24N2O2/c1-35(2)29-16-7-5-12-23(29)27-20-32-28(19-30(27)35)24-13-6-8-17-31(24)36(32)21-10-9-11-22(18-21)37-33(38)25-14-3-4-15-26(25)34(37)39/h3-20H,1-2H3. The zero-order chi connectivity index (χ0) is 26.5. The van der Waals surface area contributed by atoms with E-state index in [2.05, 4.69) is 79.1 Å². The highest BCUT2D eigenvalue weighted by molar-refractivity contribution is 6.34. The first-order chi connectivity index (χ1) is 18.9. The van der Waals surface area contributed by atoms with Crippen molar-refractivity contribution >= 4 is 39.3 Å². The highest BCUT2D eigenvalue weighted by atomic mass is 16.2. The van der Waals surface area contributed by atoms with Crippen LogP contribution in [-0.2, 0) is 5.41 Å². The van der Waals surface area contributed by atoms with Crippen LogP contribution < -0.4 is 4.90 Å². The maximum atomic E-state index is 13.2. The van der Waals surface area contributed by atoms with Gasteiger partial charge in [-0.3, -0.25) is 9.59 Å². The molecule has 0 unspecified atom stereocenters. The average Bonchev–Trinajstić information content (AvgIpc) is 3.51. The maximum absolute atomic E-state index is 13.2. The van der Waals surface area contributed by atoms with Crippen LogP contribution in [0.25, 0.3) is 38.6 Å². The molecule has 2 heterocycles. The van der Waals surface area contributed by atoms with Crippen LogP contribution >= 0.6 is 0 Å². The van der Waals surface area contributed by atoms with Crippen molar-refractivity contribution in [1.29, 1.82) is 0 Å². The number of amides is 2. The number of fused-ring (bicyclic) bond motifs is 7. The lowest BCUT2D eigenvalue weighted by Crippen LogP contribution is -2.29. The number of carbonyl (C=O) groups is 2. The van der Waals surface area contributed by atoms with Crippen LogP contribution in [0.5, 0.6) is 0 Å². The Balaban J connectivity index is 1.37. The number of imide groups is 1. The summed E-state index contributed by atoms with van der Waals surface area (Å²) in [4.78, 5) is 27.8. The first kappa shape index (κ1) is 22.1. The van der Waals surface area contributed by atoms with Gasteiger partial charge in [0.15, 0.2) is 0 Å². The van der Waals surface area contributed by atoms with Crippen LogP contribution in [0.15, 0.2) is 109 Å². The number of anilines is 1. The van der Waals surface area contributed by atoms with Crippen LogP contribution in [0.3, 0.4) is 0 Å². The van der Waals surface area contributed by atoms with Gasteiger partial charge in [0, 0.05) is 21.9 Å². The average molecular weight is 505 g/mol. The lowest BCUT2D eigenvalue weighted by molar-refractivity contribution is 0.0926. The number of rotatable bonds is 2. The molecule has 1 aliphatic carbocycles. The molecule has 1 aliphatic heterocycles. The molecule has 0 bridgehead atoms. The van der Waals surface area contributed by atoms with Crippen LogP contribution in [0.4, 0.5) is 5.69 Å². The summed E-state index contributed by atoms with van der Waals surface area (Å²) in [6.07, 6.45) is 0. The van der Waals surface area contributed by atoms with E-state index in [1.807, 2.05) is 24.3 Å². The largest absolute Gasteiger partial charge is 0.309 e. The molecule has 8 rings (SSSR count). The van der Waals surface area contributed by atoms with Gasteiger partial charge >= 0.3 is 0 Å². The molecule has 4 heteroatoms. The Kier molecular flexibility index (Phi) is 4.27.